The number of anilines is 1. The highest BCUT2D eigenvalue weighted by atomic mass is 16.3. The van der Waals surface area contributed by atoms with E-state index in [1.807, 2.05) is 6.07 Å². The average molecular weight is 376 g/mol. The van der Waals surface area contributed by atoms with Crippen molar-refractivity contribution in [3.05, 3.63) is 23.8 Å². The normalized spacial score (nSPS) is 26.1. The van der Waals surface area contributed by atoms with Gasteiger partial charge in [-0.3, -0.25) is 9.69 Å². The Hall–Kier alpha value is -1.79. The summed E-state index contributed by atoms with van der Waals surface area (Å²) >= 11 is 0. The molecule has 0 radical (unpaired) electrons. The van der Waals surface area contributed by atoms with Crippen LogP contribution in [0.25, 0.3) is 0 Å². The molecule has 27 heavy (non-hydrogen) atoms. The van der Waals surface area contributed by atoms with Crippen LogP contribution in [-0.4, -0.2) is 65.4 Å². The van der Waals surface area contributed by atoms with E-state index in [0.29, 0.717) is 0 Å². The number of rotatable bonds is 6. The predicted molar refractivity (Wildman–Crippen MR) is 107 cm³/mol. The van der Waals surface area contributed by atoms with Gasteiger partial charge in [0.25, 0.3) is 5.91 Å². The molecule has 0 bridgehead atoms. The summed E-state index contributed by atoms with van der Waals surface area (Å²) in [5.74, 6) is -0.331. The molecule has 1 saturated carbocycles. The Bertz CT molecular complexity index is 642. The lowest BCUT2D eigenvalue weighted by molar-refractivity contribution is 0.00701. The van der Waals surface area contributed by atoms with Crippen LogP contribution in [0.1, 0.15) is 56.3 Å². The smallest absolute Gasteiger partial charge is 0.255 e. The van der Waals surface area contributed by atoms with Gasteiger partial charge in [-0.15, -0.1) is 0 Å². The summed E-state index contributed by atoms with van der Waals surface area (Å²) in [7, 11) is 0. The van der Waals surface area contributed by atoms with Crippen LogP contribution in [0.4, 0.5) is 5.69 Å². The van der Waals surface area contributed by atoms with Gasteiger partial charge in [0.2, 0.25) is 0 Å². The lowest BCUT2D eigenvalue weighted by Gasteiger charge is -2.40. The fourth-order valence-corrected chi connectivity index (χ4v) is 4.53. The zero-order valence-corrected chi connectivity index (χ0v) is 16.5. The number of phenolic OH excluding ortho intramolecular Hbond substituents is 1. The molecule has 6 nitrogen and oxygen atoms in total. The number of aliphatic hydroxyl groups excluding tert-OH is 1. The minimum atomic E-state index is -0.558. The van der Waals surface area contributed by atoms with Crippen LogP contribution in [0.5, 0.6) is 5.75 Å². The molecule has 0 spiro atoms. The van der Waals surface area contributed by atoms with Crippen molar-refractivity contribution in [3.8, 4) is 5.75 Å². The maximum atomic E-state index is 12.7. The molecule has 2 aliphatic rings. The first-order valence-electron chi connectivity index (χ1n) is 10.4. The van der Waals surface area contributed by atoms with Gasteiger partial charge in [-0.1, -0.05) is 0 Å². The van der Waals surface area contributed by atoms with E-state index in [-0.39, 0.29) is 29.3 Å². The number of carbonyl (C=O) groups excluding carboxylic acids is 1. The average Bonchev–Trinajstić information content (AvgIpc) is 3.19. The third-order valence-corrected chi connectivity index (χ3v) is 6.10. The lowest BCUT2D eigenvalue weighted by Crippen LogP contribution is -2.56. The maximum Gasteiger partial charge on any atom is 0.255 e. The lowest BCUT2D eigenvalue weighted by atomic mass is 9.87. The molecule has 3 atom stereocenters. The van der Waals surface area contributed by atoms with Crippen LogP contribution in [0.15, 0.2) is 18.2 Å². The summed E-state index contributed by atoms with van der Waals surface area (Å²) in [4.78, 5) is 17.2. The molecule has 1 saturated heterocycles. The molecule has 3 rings (SSSR count). The molecular weight excluding hydrogens is 342 g/mol. The van der Waals surface area contributed by atoms with Crippen molar-refractivity contribution in [1.29, 1.82) is 0 Å². The number of aromatic hydroxyl groups is 1. The van der Waals surface area contributed by atoms with Gasteiger partial charge in [0, 0.05) is 30.9 Å². The van der Waals surface area contributed by atoms with Crippen LogP contribution in [0.3, 0.4) is 0 Å². The van der Waals surface area contributed by atoms with Crippen LogP contribution in [-0.2, 0) is 0 Å². The Morgan fingerprint density at radius 2 is 1.89 bits per heavy atom. The largest absolute Gasteiger partial charge is 0.507 e. The molecule has 0 aromatic heterocycles. The van der Waals surface area contributed by atoms with E-state index in [2.05, 4.69) is 29.0 Å². The van der Waals surface area contributed by atoms with Crippen molar-refractivity contribution in [1.82, 2.24) is 10.2 Å². The molecular formula is C21H33N3O3. The first kappa shape index (κ1) is 20.0. The van der Waals surface area contributed by atoms with Crippen molar-refractivity contribution < 1.29 is 15.0 Å². The molecule has 6 heteroatoms. The number of benzene rings is 1. The quantitative estimate of drug-likeness (QED) is 0.712. The number of aliphatic hydroxyl groups is 1. The Balaban J connectivity index is 1.67. The fraction of sp³-hybridized carbons (Fsp3) is 0.667. The number of nitrogens with one attached hydrogen (secondary N) is 1. The van der Waals surface area contributed by atoms with Crippen molar-refractivity contribution in [2.75, 3.05) is 31.1 Å². The minimum absolute atomic E-state index is 0.0155. The SMILES string of the molecule is CCN(CC)c1ccc(C(=O)N[C@@H]2CCC[C@@H](N3CCCC3)[C@@H]2O)c(O)c1. The molecule has 1 aliphatic heterocycles. The van der Waals surface area contributed by atoms with E-state index in [9.17, 15) is 15.0 Å². The Morgan fingerprint density at radius 3 is 2.52 bits per heavy atom. The second-order valence-corrected chi connectivity index (χ2v) is 7.69. The van der Waals surface area contributed by atoms with Crippen LogP contribution < -0.4 is 10.2 Å². The summed E-state index contributed by atoms with van der Waals surface area (Å²) in [6, 6.07) is 5.05. The van der Waals surface area contributed by atoms with E-state index < -0.39 is 6.10 Å². The monoisotopic (exact) mass is 375 g/mol. The summed E-state index contributed by atoms with van der Waals surface area (Å²) in [6.45, 7) is 7.87. The second kappa shape index (κ2) is 8.93. The summed E-state index contributed by atoms with van der Waals surface area (Å²) in [6.07, 6.45) is 4.57. The van der Waals surface area contributed by atoms with Crippen molar-refractivity contribution in [2.24, 2.45) is 0 Å². The van der Waals surface area contributed by atoms with Gasteiger partial charge in [-0.05, 0) is 71.2 Å². The van der Waals surface area contributed by atoms with E-state index in [0.717, 1.165) is 51.1 Å². The number of nitrogens with zero attached hydrogens (tertiary/aromatic N) is 2. The highest BCUT2D eigenvalue weighted by Gasteiger charge is 2.37. The van der Waals surface area contributed by atoms with Gasteiger partial charge in [0.05, 0.1) is 17.7 Å². The molecule has 1 heterocycles. The highest BCUT2D eigenvalue weighted by molar-refractivity contribution is 5.97. The molecule has 2 fully saturated rings. The first-order valence-corrected chi connectivity index (χ1v) is 10.4. The maximum absolute atomic E-state index is 12.7. The zero-order chi connectivity index (χ0) is 19.4. The van der Waals surface area contributed by atoms with Crippen LogP contribution in [0.2, 0.25) is 0 Å². The van der Waals surface area contributed by atoms with E-state index in [4.69, 9.17) is 0 Å². The van der Waals surface area contributed by atoms with Gasteiger partial charge >= 0.3 is 0 Å². The van der Waals surface area contributed by atoms with Crippen LogP contribution >= 0.6 is 0 Å². The second-order valence-electron chi connectivity index (χ2n) is 7.69. The minimum Gasteiger partial charge on any atom is -0.507 e. The number of phenols is 1. The van der Waals surface area contributed by atoms with Gasteiger partial charge < -0.3 is 20.4 Å². The van der Waals surface area contributed by atoms with Gasteiger partial charge in [-0.25, -0.2) is 0 Å². The Labute approximate surface area is 162 Å². The number of hydrogen-bond donors (Lipinski definition) is 3. The molecule has 3 N–H and O–H groups in total. The molecule has 1 aliphatic carbocycles. The zero-order valence-electron chi connectivity index (χ0n) is 16.5. The number of likely N-dealkylation sites (tertiary alicyclic amines) is 1. The van der Waals surface area contributed by atoms with Gasteiger partial charge in [0.15, 0.2) is 0 Å². The molecule has 0 unspecified atom stereocenters. The summed E-state index contributed by atoms with van der Waals surface area (Å²) < 4.78 is 0. The van der Waals surface area contributed by atoms with Gasteiger partial charge in [-0.2, -0.15) is 0 Å². The standard InChI is InChI=1S/C21H33N3O3/c1-3-23(4-2)15-10-11-16(19(25)14-15)21(27)22-17-8-7-9-18(20(17)26)24-12-5-6-13-24/h10-11,14,17-18,20,25-26H,3-9,12-13H2,1-2H3,(H,22,27)/t17-,18-,20-/m1/s1. The first-order chi connectivity index (χ1) is 13.0. The van der Waals surface area contributed by atoms with Crippen molar-refractivity contribution in [3.63, 3.8) is 0 Å². The van der Waals surface area contributed by atoms with E-state index >= 15 is 0 Å². The van der Waals surface area contributed by atoms with Crippen molar-refractivity contribution >= 4 is 11.6 Å². The van der Waals surface area contributed by atoms with Crippen molar-refractivity contribution in [2.45, 2.75) is 64.1 Å². The van der Waals surface area contributed by atoms with Crippen LogP contribution in [0, 0.1) is 0 Å². The predicted octanol–water partition coefficient (Wildman–Crippen LogP) is 2.35. The molecule has 150 valence electrons. The topological polar surface area (TPSA) is 76.0 Å². The van der Waals surface area contributed by atoms with E-state index in [1.54, 1.807) is 12.1 Å². The summed E-state index contributed by atoms with van der Waals surface area (Å²) in [5.41, 5.74) is 1.17. The molecule has 1 aromatic rings. The molecule has 1 amide bonds. The third kappa shape index (κ3) is 4.38. The third-order valence-electron chi connectivity index (χ3n) is 6.10. The number of carbonyl (C=O) groups is 1. The molecule has 1 aromatic carbocycles. The van der Waals surface area contributed by atoms with E-state index in [1.165, 1.54) is 12.8 Å². The number of amides is 1. The summed E-state index contributed by atoms with van der Waals surface area (Å²) in [5, 5.41) is 24.1. The Kier molecular flexibility index (Phi) is 6.60. The van der Waals surface area contributed by atoms with Gasteiger partial charge in [0.1, 0.15) is 5.75 Å². The fourth-order valence-electron chi connectivity index (χ4n) is 4.53. The highest BCUT2D eigenvalue weighted by Crippen LogP contribution is 2.28. The number of hydrogen-bond acceptors (Lipinski definition) is 5. The Morgan fingerprint density at radius 1 is 1.19 bits per heavy atom.